The quantitative estimate of drug-likeness (QED) is 0.678. The van der Waals surface area contributed by atoms with Crippen LogP contribution in [0.5, 0.6) is 5.75 Å². The molecule has 0 unspecified atom stereocenters. The number of carbonyl (C=O) groups excluding carboxylic acids is 1. The summed E-state index contributed by atoms with van der Waals surface area (Å²) in [5.74, 6) is 1.26. The summed E-state index contributed by atoms with van der Waals surface area (Å²) in [6.07, 6.45) is 1.40. The molecule has 0 spiro atoms. The fraction of sp³-hybridized carbons (Fsp3) is 0.667. The van der Waals surface area contributed by atoms with Crippen molar-refractivity contribution in [2.24, 2.45) is 0 Å². The number of nitrogens with one attached hydrogen (secondary N) is 1. The van der Waals surface area contributed by atoms with Gasteiger partial charge in [0.2, 0.25) is 0 Å². The zero-order chi connectivity index (χ0) is 21.0. The molecular weight excluding hydrogens is 390 g/mol. The maximum absolute atomic E-state index is 13.1. The first kappa shape index (κ1) is 21.9. The molecule has 0 bridgehead atoms. The molecule has 29 heavy (non-hydrogen) atoms. The van der Waals surface area contributed by atoms with Gasteiger partial charge in [-0.15, -0.1) is 0 Å². The lowest BCUT2D eigenvalue weighted by atomic mass is 10.1. The first-order chi connectivity index (χ1) is 13.8. The molecule has 1 N–H and O–H groups in total. The number of hydrogen-bond donors (Lipinski definition) is 1. The Balaban J connectivity index is 1.57. The Morgan fingerprint density at radius 3 is 2.45 bits per heavy atom. The molecule has 2 saturated heterocycles. The molecular formula is C21H34N3O4S+. The minimum absolute atomic E-state index is 0.0702. The number of anilines is 1. The molecule has 0 aliphatic carbocycles. The van der Waals surface area contributed by atoms with Gasteiger partial charge in [-0.2, -0.15) is 0 Å². The summed E-state index contributed by atoms with van der Waals surface area (Å²) in [6.45, 7) is 8.11. The van der Waals surface area contributed by atoms with E-state index in [1.807, 2.05) is 24.0 Å². The van der Waals surface area contributed by atoms with Gasteiger partial charge in [0.1, 0.15) is 5.75 Å². The summed E-state index contributed by atoms with van der Waals surface area (Å²) in [5.41, 5.74) is 1.17. The van der Waals surface area contributed by atoms with E-state index in [2.05, 4.69) is 24.0 Å². The monoisotopic (exact) mass is 424 g/mol. The van der Waals surface area contributed by atoms with Crippen molar-refractivity contribution in [3.8, 4) is 5.75 Å². The lowest BCUT2D eigenvalue weighted by Gasteiger charge is -2.37. The normalized spacial score (nSPS) is 23.0. The van der Waals surface area contributed by atoms with Gasteiger partial charge in [-0.05, 0) is 44.0 Å². The van der Waals surface area contributed by atoms with Gasteiger partial charge >= 0.3 is 0 Å². The second kappa shape index (κ2) is 9.34. The summed E-state index contributed by atoms with van der Waals surface area (Å²) in [5, 5.41) is 0. The van der Waals surface area contributed by atoms with Crippen LogP contribution in [0.15, 0.2) is 24.3 Å². The van der Waals surface area contributed by atoms with Crippen molar-refractivity contribution in [2.45, 2.75) is 38.8 Å². The summed E-state index contributed by atoms with van der Waals surface area (Å²) in [7, 11) is -1.34. The van der Waals surface area contributed by atoms with Gasteiger partial charge in [0.25, 0.3) is 5.91 Å². The van der Waals surface area contributed by atoms with Crippen LogP contribution in [0.2, 0.25) is 0 Å². The van der Waals surface area contributed by atoms with Crippen LogP contribution in [0, 0.1) is 0 Å². The predicted octanol–water partition coefficient (Wildman–Crippen LogP) is 0.214. The fourth-order valence-corrected chi connectivity index (χ4v) is 6.07. The van der Waals surface area contributed by atoms with E-state index in [0.717, 1.165) is 38.3 Å². The van der Waals surface area contributed by atoms with Gasteiger partial charge in [-0.3, -0.25) is 4.79 Å². The molecule has 2 heterocycles. The van der Waals surface area contributed by atoms with Crippen molar-refractivity contribution in [2.75, 3.05) is 56.2 Å². The third-order valence-electron chi connectivity index (χ3n) is 6.26. The number of methoxy groups -OCH3 is 1. The summed E-state index contributed by atoms with van der Waals surface area (Å²) < 4.78 is 29.1. The number of rotatable bonds is 7. The van der Waals surface area contributed by atoms with Crippen LogP contribution in [0.25, 0.3) is 0 Å². The van der Waals surface area contributed by atoms with E-state index in [1.165, 1.54) is 10.6 Å². The van der Waals surface area contributed by atoms with Crippen LogP contribution < -0.4 is 14.5 Å². The van der Waals surface area contributed by atoms with E-state index in [1.54, 1.807) is 7.11 Å². The molecule has 1 aromatic rings. The molecule has 2 aliphatic rings. The molecule has 3 rings (SSSR count). The van der Waals surface area contributed by atoms with Crippen LogP contribution in [-0.2, 0) is 14.6 Å². The van der Waals surface area contributed by atoms with Crippen molar-refractivity contribution in [1.82, 2.24) is 4.90 Å². The van der Waals surface area contributed by atoms with Crippen LogP contribution in [0.1, 0.15) is 26.7 Å². The average molecular weight is 425 g/mol. The molecule has 1 amide bonds. The number of amides is 1. The lowest BCUT2D eigenvalue weighted by Crippen LogP contribution is -3.16. The van der Waals surface area contributed by atoms with Crippen molar-refractivity contribution in [1.29, 1.82) is 0 Å². The highest BCUT2D eigenvalue weighted by Crippen LogP contribution is 2.21. The molecule has 8 heteroatoms. The maximum atomic E-state index is 13.1. The van der Waals surface area contributed by atoms with E-state index in [4.69, 9.17) is 4.74 Å². The third-order valence-corrected chi connectivity index (χ3v) is 8.02. The molecule has 162 valence electrons. The van der Waals surface area contributed by atoms with Crippen molar-refractivity contribution >= 4 is 21.4 Å². The molecule has 2 fully saturated rings. The zero-order valence-corrected chi connectivity index (χ0v) is 18.6. The number of quaternary nitrogens is 1. The van der Waals surface area contributed by atoms with Crippen LogP contribution in [0.3, 0.4) is 0 Å². The Morgan fingerprint density at radius 2 is 1.93 bits per heavy atom. The Kier molecular flexibility index (Phi) is 7.05. The van der Waals surface area contributed by atoms with Gasteiger partial charge in [0.05, 0.1) is 44.8 Å². The maximum Gasteiger partial charge on any atom is 0.278 e. The van der Waals surface area contributed by atoms with Crippen LogP contribution >= 0.6 is 0 Å². The predicted molar refractivity (Wildman–Crippen MR) is 114 cm³/mol. The van der Waals surface area contributed by atoms with Crippen molar-refractivity contribution in [3.63, 3.8) is 0 Å². The molecule has 0 aromatic heterocycles. The third kappa shape index (κ3) is 5.42. The lowest BCUT2D eigenvalue weighted by molar-refractivity contribution is -0.892. The van der Waals surface area contributed by atoms with Gasteiger partial charge in [0.15, 0.2) is 16.4 Å². The van der Waals surface area contributed by atoms with E-state index in [-0.39, 0.29) is 29.5 Å². The first-order valence-electron chi connectivity index (χ1n) is 10.6. The molecule has 0 saturated carbocycles. The smallest absolute Gasteiger partial charge is 0.278 e. The molecule has 1 aromatic carbocycles. The van der Waals surface area contributed by atoms with Gasteiger partial charge < -0.3 is 19.4 Å². The highest BCUT2D eigenvalue weighted by molar-refractivity contribution is 7.91. The van der Waals surface area contributed by atoms with Crippen molar-refractivity contribution < 1.29 is 22.8 Å². The SMILES string of the molecule is CC[C@H](C)N(C(=O)C[NH+]1CCN(c2ccc(OC)cc2)CC1)[C@H]1CCS(=O)(=O)C1. The summed E-state index contributed by atoms with van der Waals surface area (Å²) >= 11 is 0. The molecule has 7 nitrogen and oxygen atoms in total. The van der Waals surface area contributed by atoms with Gasteiger partial charge in [0, 0.05) is 17.8 Å². The Labute approximate surface area is 174 Å². The highest BCUT2D eigenvalue weighted by atomic mass is 32.2. The van der Waals surface area contributed by atoms with E-state index in [9.17, 15) is 13.2 Å². The van der Waals surface area contributed by atoms with E-state index >= 15 is 0 Å². The van der Waals surface area contributed by atoms with E-state index in [0.29, 0.717) is 13.0 Å². The zero-order valence-electron chi connectivity index (χ0n) is 17.8. The Hall–Kier alpha value is -1.80. The second-order valence-corrected chi connectivity index (χ2v) is 10.5. The van der Waals surface area contributed by atoms with Crippen molar-refractivity contribution in [3.05, 3.63) is 24.3 Å². The topological polar surface area (TPSA) is 71.4 Å². The Bertz CT molecular complexity index is 789. The largest absolute Gasteiger partial charge is 0.497 e. The number of benzene rings is 1. The highest BCUT2D eigenvalue weighted by Gasteiger charge is 2.37. The van der Waals surface area contributed by atoms with E-state index < -0.39 is 9.84 Å². The van der Waals surface area contributed by atoms with Gasteiger partial charge in [-0.25, -0.2) is 8.42 Å². The summed E-state index contributed by atoms with van der Waals surface area (Å²) in [6, 6.07) is 7.98. The summed E-state index contributed by atoms with van der Waals surface area (Å²) in [4.78, 5) is 18.6. The Morgan fingerprint density at radius 1 is 1.28 bits per heavy atom. The average Bonchev–Trinajstić information content (AvgIpc) is 3.07. The minimum Gasteiger partial charge on any atom is -0.497 e. The molecule has 2 atom stereocenters. The fourth-order valence-electron chi connectivity index (χ4n) is 4.36. The van der Waals surface area contributed by atoms with Gasteiger partial charge in [-0.1, -0.05) is 6.92 Å². The standard InChI is InChI=1S/C21H33N3O4S/c1-4-17(2)24(19-9-14-29(26,27)16-19)21(25)15-22-10-12-23(13-11-22)18-5-7-20(28-3)8-6-18/h5-8,17,19H,4,9-16H2,1-3H3/p+1/t17-,19-/m0/s1. The molecule has 2 aliphatic heterocycles. The number of nitrogens with zero attached hydrogens (tertiary/aromatic N) is 2. The number of ether oxygens (including phenoxy) is 1. The molecule has 0 radical (unpaired) electrons. The number of hydrogen-bond acceptors (Lipinski definition) is 5. The number of piperazine rings is 1. The first-order valence-corrected chi connectivity index (χ1v) is 12.4. The number of carbonyl (C=O) groups is 1. The second-order valence-electron chi connectivity index (χ2n) is 8.23. The van der Waals surface area contributed by atoms with Crippen LogP contribution in [-0.4, -0.2) is 82.6 Å². The minimum atomic E-state index is -3.01. The number of sulfone groups is 1. The van der Waals surface area contributed by atoms with Crippen LogP contribution in [0.4, 0.5) is 5.69 Å².